The third-order valence-electron chi connectivity index (χ3n) is 2.62. The molecule has 1 nitrogen and oxygen atoms in total. The molecular formula is C13H20ClN. The predicted molar refractivity (Wildman–Crippen MR) is 67.5 cm³/mol. The maximum atomic E-state index is 5.96. The summed E-state index contributed by atoms with van der Waals surface area (Å²) in [6.45, 7) is 7.66. The molecule has 1 atom stereocenters. The van der Waals surface area contributed by atoms with Crippen molar-refractivity contribution in [2.45, 2.75) is 33.2 Å². The lowest BCUT2D eigenvalue weighted by molar-refractivity contribution is 0.405. The van der Waals surface area contributed by atoms with E-state index in [0.717, 1.165) is 18.0 Å². The molecule has 0 radical (unpaired) electrons. The summed E-state index contributed by atoms with van der Waals surface area (Å²) < 4.78 is 0. The number of hydrogen-bond donors (Lipinski definition) is 1. The highest BCUT2D eigenvalue weighted by Gasteiger charge is 2.12. The topological polar surface area (TPSA) is 12.0 Å². The summed E-state index contributed by atoms with van der Waals surface area (Å²) >= 11 is 5.96. The van der Waals surface area contributed by atoms with E-state index in [1.807, 2.05) is 18.2 Å². The minimum absolute atomic E-state index is 0.536. The van der Waals surface area contributed by atoms with Crippen LogP contribution in [0.3, 0.4) is 0 Å². The molecule has 0 spiro atoms. The van der Waals surface area contributed by atoms with Crippen molar-refractivity contribution < 1.29 is 0 Å². The van der Waals surface area contributed by atoms with E-state index in [9.17, 15) is 0 Å². The summed E-state index contributed by atoms with van der Waals surface area (Å²) in [4.78, 5) is 0. The quantitative estimate of drug-likeness (QED) is 0.809. The number of benzene rings is 1. The van der Waals surface area contributed by atoms with Crippen LogP contribution in [0.25, 0.3) is 0 Å². The largest absolute Gasteiger partial charge is 0.314 e. The van der Waals surface area contributed by atoms with E-state index in [1.54, 1.807) is 0 Å². The third kappa shape index (κ3) is 4.23. The fourth-order valence-corrected chi connectivity index (χ4v) is 1.94. The van der Waals surface area contributed by atoms with E-state index in [0.29, 0.717) is 12.0 Å². The van der Waals surface area contributed by atoms with Crippen LogP contribution in [0.4, 0.5) is 0 Å². The molecule has 0 saturated carbocycles. The zero-order valence-electron chi connectivity index (χ0n) is 9.76. The first-order chi connectivity index (χ1) is 7.13. The van der Waals surface area contributed by atoms with Crippen LogP contribution in [0.15, 0.2) is 24.3 Å². The van der Waals surface area contributed by atoms with Gasteiger partial charge in [-0.3, -0.25) is 0 Å². The van der Waals surface area contributed by atoms with Gasteiger partial charge in [0.25, 0.3) is 0 Å². The molecule has 0 saturated heterocycles. The van der Waals surface area contributed by atoms with Crippen LogP contribution >= 0.6 is 11.6 Å². The molecule has 1 aromatic rings. The van der Waals surface area contributed by atoms with Crippen LogP contribution in [0.1, 0.15) is 26.3 Å². The van der Waals surface area contributed by atoms with Crippen molar-refractivity contribution >= 4 is 11.6 Å². The molecule has 0 amide bonds. The highest BCUT2D eigenvalue weighted by atomic mass is 35.5. The van der Waals surface area contributed by atoms with Crippen LogP contribution in [-0.4, -0.2) is 12.6 Å². The second kappa shape index (κ2) is 6.14. The first kappa shape index (κ1) is 12.5. The van der Waals surface area contributed by atoms with E-state index in [-0.39, 0.29) is 0 Å². The van der Waals surface area contributed by atoms with Crippen LogP contribution in [0.5, 0.6) is 0 Å². The molecule has 0 aliphatic heterocycles. The Labute approximate surface area is 97.8 Å². The van der Waals surface area contributed by atoms with Gasteiger partial charge in [-0.05, 0) is 36.6 Å². The van der Waals surface area contributed by atoms with E-state index in [1.165, 1.54) is 5.56 Å². The lowest BCUT2D eigenvalue weighted by Gasteiger charge is -2.21. The first-order valence-electron chi connectivity index (χ1n) is 5.61. The SMILES string of the molecule is CCNC(Cc1cccc(Cl)c1)C(C)C. The first-order valence-corrected chi connectivity index (χ1v) is 5.99. The van der Waals surface area contributed by atoms with Crippen LogP contribution < -0.4 is 5.32 Å². The van der Waals surface area contributed by atoms with Crippen molar-refractivity contribution in [3.8, 4) is 0 Å². The van der Waals surface area contributed by atoms with Crippen LogP contribution in [-0.2, 0) is 6.42 Å². The van der Waals surface area contributed by atoms with Gasteiger partial charge in [0, 0.05) is 11.1 Å². The molecule has 15 heavy (non-hydrogen) atoms. The number of likely N-dealkylation sites (N-methyl/N-ethyl adjacent to an activating group) is 1. The predicted octanol–water partition coefficient (Wildman–Crippen LogP) is 3.52. The fraction of sp³-hybridized carbons (Fsp3) is 0.538. The summed E-state index contributed by atoms with van der Waals surface area (Å²) in [6.07, 6.45) is 1.05. The second-order valence-corrected chi connectivity index (χ2v) is 4.68. The van der Waals surface area contributed by atoms with Crippen molar-refractivity contribution in [1.29, 1.82) is 0 Å². The average Bonchev–Trinajstić information content (AvgIpc) is 2.17. The van der Waals surface area contributed by atoms with Crippen molar-refractivity contribution in [2.24, 2.45) is 5.92 Å². The molecule has 0 aliphatic rings. The molecule has 0 aliphatic carbocycles. The average molecular weight is 226 g/mol. The number of hydrogen-bond acceptors (Lipinski definition) is 1. The van der Waals surface area contributed by atoms with Gasteiger partial charge in [-0.2, -0.15) is 0 Å². The molecule has 0 aromatic heterocycles. The highest BCUT2D eigenvalue weighted by molar-refractivity contribution is 6.30. The summed E-state index contributed by atoms with van der Waals surface area (Å²) in [6, 6.07) is 8.66. The van der Waals surface area contributed by atoms with Gasteiger partial charge >= 0.3 is 0 Å². The van der Waals surface area contributed by atoms with Gasteiger partial charge in [0.1, 0.15) is 0 Å². The van der Waals surface area contributed by atoms with Gasteiger partial charge in [0.2, 0.25) is 0 Å². The summed E-state index contributed by atoms with van der Waals surface area (Å²) in [5, 5.41) is 4.33. The van der Waals surface area contributed by atoms with Crippen LogP contribution in [0, 0.1) is 5.92 Å². The molecule has 1 N–H and O–H groups in total. The van der Waals surface area contributed by atoms with Gasteiger partial charge in [-0.25, -0.2) is 0 Å². The standard InChI is InChI=1S/C13H20ClN/c1-4-15-13(10(2)3)9-11-6-5-7-12(14)8-11/h5-8,10,13,15H,4,9H2,1-3H3. The minimum Gasteiger partial charge on any atom is -0.314 e. The Hall–Kier alpha value is -0.530. The van der Waals surface area contributed by atoms with Crippen molar-refractivity contribution in [3.63, 3.8) is 0 Å². The van der Waals surface area contributed by atoms with Gasteiger partial charge in [-0.15, -0.1) is 0 Å². The van der Waals surface area contributed by atoms with E-state index < -0.39 is 0 Å². The monoisotopic (exact) mass is 225 g/mol. The molecule has 2 heteroatoms. The molecule has 84 valence electrons. The molecular weight excluding hydrogens is 206 g/mol. The Morgan fingerprint density at radius 2 is 2.07 bits per heavy atom. The Bertz CT molecular complexity index is 296. The Kier molecular flexibility index (Phi) is 5.13. The summed E-state index contributed by atoms with van der Waals surface area (Å²) in [7, 11) is 0. The lowest BCUT2D eigenvalue weighted by atomic mass is 9.96. The van der Waals surface area contributed by atoms with Crippen molar-refractivity contribution in [1.82, 2.24) is 5.32 Å². The Morgan fingerprint density at radius 1 is 1.33 bits per heavy atom. The van der Waals surface area contributed by atoms with E-state index in [4.69, 9.17) is 11.6 Å². The summed E-state index contributed by atoms with van der Waals surface area (Å²) in [5.74, 6) is 0.643. The molecule has 0 fully saturated rings. The van der Waals surface area contributed by atoms with Crippen LogP contribution in [0.2, 0.25) is 5.02 Å². The van der Waals surface area contributed by atoms with Crippen molar-refractivity contribution in [2.75, 3.05) is 6.54 Å². The van der Waals surface area contributed by atoms with Gasteiger partial charge in [-0.1, -0.05) is 44.5 Å². The zero-order chi connectivity index (χ0) is 11.3. The maximum Gasteiger partial charge on any atom is 0.0408 e. The number of nitrogens with one attached hydrogen (secondary N) is 1. The van der Waals surface area contributed by atoms with Gasteiger partial charge < -0.3 is 5.32 Å². The fourth-order valence-electron chi connectivity index (χ4n) is 1.72. The Balaban J connectivity index is 2.65. The molecule has 1 unspecified atom stereocenters. The third-order valence-corrected chi connectivity index (χ3v) is 2.85. The second-order valence-electron chi connectivity index (χ2n) is 4.24. The smallest absolute Gasteiger partial charge is 0.0408 e. The molecule has 0 bridgehead atoms. The number of halogens is 1. The lowest BCUT2D eigenvalue weighted by Crippen LogP contribution is -2.35. The van der Waals surface area contributed by atoms with E-state index in [2.05, 4.69) is 32.2 Å². The van der Waals surface area contributed by atoms with E-state index >= 15 is 0 Å². The normalized spacial score (nSPS) is 13.1. The van der Waals surface area contributed by atoms with Gasteiger partial charge in [0.05, 0.1) is 0 Å². The molecule has 1 rings (SSSR count). The van der Waals surface area contributed by atoms with Gasteiger partial charge in [0.15, 0.2) is 0 Å². The minimum atomic E-state index is 0.536. The maximum absolute atomic E-state index is 5.96. The molecule has 0 heterocycles. The molecule has 1 aromatic carbocycles. The van der Waals surface area contributed by atoms with Crippen molar-refractivity contribution in [3.05, 3.63) is 34.9 Å². The number of rotatable bonds is 5. The zero-order valence-corrected chi connectivity index (χ0v) is 10.5. The highest BCUT2D eigenvalue weighted by Crippen LogP contribution is 2.14. The Morgan fingerprint density at radius 3 is 2.60 bits per heavy atom. The summed E-state index contributed by atoms with van der Waals surface area (Å²) in [5.41, 5.74) is 1.31.